The predicted molar refractivity (Wildman–Crippen MR) is 102 cm³/mol. The Hall–Kier alpha value is -2.81. The first-order valence-electron chi connectivity index (χ1n) is 8.58. The molecule has 27 heavy (non-hydrogen) atoms. The molecule has 144 valence electrons. The van der Waals surface area contributed by atoms with Crippen LogP contribution in [0.2, 0.25) is 0 Å². The van der Waals surface area contributed by atoms with Crippen molar-refractivity contribution in [3.63, 3.8) is 0 Å². The molecule has 2 heterocycles. The molecule has 0 unspecified atom stereocenters. The maximum absolute atomic E-state index is 12.4. The average Bonchev–Trinajstić information content (AvgIpc) is 3.09. The number of aromatic nitrogens is 1. The smallest absolute Gasteiger partial charge is 0.413 e. The molecule has 2 N–H and O–H groups in total. The van der Waals surface area contributed by atoms with Gasteiger partial charge in [-0.25, -0.2) is 14.6 Å². The molecule has 8 nitrogen and oxygen atoms in total. The molecule has 0 atom stereocenters. The number of carbonyl (C=O) groups is 2. The van der Waals surface area contributed by atoms with Gasteiger partial charge in [-0.3, -0.25) is 5.32 Å². The van der Waals surface area contributed by atoms with Gasteiger partial charge < -0.3 is 19.7 Å². The molecule has 2 aromatic rings. The molecule has 0 saturated carbocycles. The number of hydrogen-bond acceptors (Lipinski definition) is 6. The Labute approximate surface area is 161 Å². The Kier molecular flexibility index (Phi) is 6.12. The minimum absolute atomic E-state index is 0.0926. The van der Waals surface area contributed by atoms with Crippen molar-refractivity contribution >= 4 is 28.6 Å². The third kappa shape index (κ3) is 4.88. The number of anilines is 1. The molecule has 3 rings (SSSR count). The van der Waals surface area contributed by atoms with Crippen LogP contribution in [0.4, 0.5) is 14.7 Å². The van der Waals surface area contributed by atoms with Crippen LogP contribution in [0.3, 0.4) is 0 Å². The molecule has 9 heteroatoms. The van der Waals surface area contributed by atoms with E-state index in [0.717, 1.165) is 28.3 Å². The lowest BCUT2D eigenvalue weighted by Gasteiger charge is -2.26. The SMILES string of the molecule is COC(=O)Nc1nc2c(s1)CN(C(=O)NCCc1ccc(OC)cc1)CC2. The van der Waals surface area contributed by atoms with Gasteiger partial charge in [-0.2, -0.15) is 0 Å². The molecule has 1 aromatic carbocycles. The van der Waals surface area contributed by atoms with Gasteiger partial charge >= 0.3 is 12.1 Å². The first-order valence-corrected chi connectivity index (χ1v) is 9.40. The number of nitrogens with one attached hydrogen (secondary N) is 2. The van der Waals surface area contributed by atoms with E-state index in [0.29, 0.717) is 31.2 Å². The molecular weight excluding hydrogens is 368 g/mol. The lowest BCUT2D eigenvalue weighted by molar-refractivity contribution is 0.187. The number of carbonyl (C=O) groups excluding carboxylic acids is 2. The van der Waals surface area contributed by atoms with Crippen LogP contribution >= 0.6 is 11.3 Å². The summed E-state index contributed by atoms with van der Waals surface area (Å²) in [4.78, 5) is 30.8. The number of thiazole rings is 1. The molecule has 0 aliphatic carbocycles. The van der Waals surface area contributed by atoms with E-state index in [1.54, 1.807) is 12.0 Å². The summed E-state index contributed by atoms with van der Waals surface area (Å²) in [5, 5.41) is 6.02. The summed E-state index contributed by atoms with van der Waals surface area (Å²) in [5.41, 5.74) is 2.06. The third-order valence-electron chi connectivity index (χ3n) is 4.26. The van der Waals surface area contributed by atoms with Crippen molar-refractivity contribution in [1.82, 2.24) is 15.2 Å². The highest BCUT2D eigenvalue weighted by atomic mass is 32.1. The summed E-state index contributed by atoms with van der Waals surface area (Å²) >= 11 is 1.37. The summed E-state index contributed by atoms with van der Waals surface area (Å²) in [6.45, 7) is 1.65. The number of benzene rings is 1. The molecule has 0 spiro atoms. The lowest BCUT2D eigenvalue weighted by atomic mass is 10.1. The van der Waals surface area contributed by atoms with Crippen molar-refractivity contribution in [3.8, 4) is 5.75 Å². The highest BCUT2D eigenvalue weighted by Crippen LogP contribution is 2.28. The van der Waals surface area contributed by atoms with Gasteiger partial charge in [0.25, 0.3) is 0 Å². The Morgan fingerprint density at radius 3 is 2.74 bits per heavy atom. The minimum atomic E-state index is -0.547. The summed E-state index contributed by atoms with van der Waals surface area (Å²) in [5.74, 6) is 0.817. The van der Waals surface area contributed by atoms with Gasteiger partial charge in [-0.05, 0) is 24.1 Å². The van der Waals surface area contributed by atoms with Gasteiger partial charge in [0.2, 0.25) is 0 Å². The number of hydrogen-bond donors (Lipinski definition) is 2. The number of amides is 3. The maximum Gasteiger partial charge on any atom is 0.413 e. The Morgan fingerprint density at radius 2 is 2.04 bits per heavy atom. The summed E-state index contributed by atoms with van der Waals surface area (Å²) in [7, 11) is 2.94. The first-order chi connectivity index (χ1) is 13.1. The van der Waals surface area contributed by atoms with E-state index in [9.17, 15) is 9.59 Å². The fraction of sp³-hybridized carbons (Fsp3) is 0.389. The van der Waals surface area contributed by atoms with Crippen molar-refractivity contribution in [2.24, 2.45) is 0 Å². The standard InChI is InChI=1S/C18H22N4O4S/c1-25-13-5-3-12(4-6-13)7-9-19-17(23)22-10-8-14-15(11-22)27-16(20-14)21-18(24)26-2/h3-6H,7-11H2,1-2H3,(H,19,23)(H,20,21,24). The van der Waals surface area contributed by atoms with Crippen LogP contribution in [0, 0.1) is 0 Å². The highest BCUT2D eigenvalue weighted by molar-refractivity contribution is 7.15. The van der Waals surface area contributed by atoms with Crippen LogP contribution in [0.5, 0.6) is 5.75 Å². The van der Waals surface area contributed by atoms with Crippen molar-refractivity contribution in [1.29, 1.82) is 0 Å². The monoisotopic (exact) mass is 390 g/mol. The topological polar surface area (TPSA) is 92.8 Å². The molecule has 1 aliphatic rings. The zero-order chi connectivity index (χ0) is 19.2. The second-order valence-corrected chi connectivity index (χ2v) is 7.09. The fourth-order valence-electron chi connectivity index (χ4n) is 2.78. The molecule has 1 aromatic heterocycles. The lowest BCUT2D eigenvalue weighted by Crippen LogP contribution is -2.43. The van der Waals surface area contributed by atoms with E-state index >= 15 is 0 Å². The van der Waals surface area contributed by atoms with Crippen molar-refractivity contribution < 1.29 is 19.1 Å². The minimum Gasteiger partial charge on any atom is -0.497 e. The van der Waals surface area contributed by atoms with Crippen LogP contribution < -0.4 is 15.4 Å². The molecule has 3 amide bonds. The number of urea groups is 1. The fourth-order valence-corrected chi connectivity index (χ4v) is 3.79. The van der Waals surface area contributed by atoms with E-state index in [1.807, 2.05) is 24.3 Å². The number of methoxy groups -OCH3 is 2. The van der Waals surface area contributed by atoms with Crippen molar-refractivity contribution in [2.75, 3.05) is 32.6 Å². The highest BCUT2D eigenvalue weighted by Gasteiger charge is 2.24. The number of fused-ring (bicyclic) bond motifs is 1. The Morgan fingerprint density at radius 1 is 1.26 bits per heavy atom. The first kappa shape index (κ1) is 19.0. The largest absolute Gasteiger partial charge is 0.497 e. The van der Waals surface area contributed by atoms with Gasteiger partial charge in [0.1, 0.15) is 5.75 Å². The third-order valence-corrected chi connectivity index (χ3v) is 5.26. The van der Waals surface area contributed by atoms with E-state index in [-0.39, 0.29) is 6.03 Å². The Balaban J connectivity index is 1.49. The molecule has 0 saturated heterocycles. The number of nitrogens with zero attached hydrogens (tertiary/aromatic N) is 2. The van der Waals surface area contributed by atoms with Crippen LogP contribution in [0.15, 0.2) is 24.3 Å². The van der Waals surface area contributed by atoms with Crippen LogP contribution in [0.25, 0.3) is 0 Å². The Bertz CT molecular complexity index is 806. The van der Waals surface area contributed by atoms with Crippen molar-refractivity contribution in [2.45, 2.75) is 19.4 Å². The second kappa shape index (κ2) is 8.72. The van der Waals surface area contributed by atoms with E-state index < -0.39 is 6.09 Å². The molecular formula is C18H22N4O4S. The summed E-state index contributed by atoms with van der Waals surface area (Å²) in [6, 6.07) is 7.71. The zero-order valence-electron chi connectivity index (χ0n) is 15.3. The summed E-state index contributed by atoms with van der Waals surface area (Å²) < 4.78 is 9.71. The van der Waals surface area contributed by atoms with E-state index in [1.165, 1.54) is 18.4 Å². The predicted octanol–water partition coefficient (Wildman–Crippen LogP) is 2.64. The van der Waals surface area contributed by atoms with Gasteiger partial charge in [-0.1, -0.05) is 23.5 Å². The number of ether oxygens (including phenoxy) is 2. The quantitative estimate of drug-likeness (QED) is 0.819. The van der Waals surface area contributed by atoms with E-state index in [4.69, 9.17) is 4.74 Å². The normalized spacial score (nSPS) is 12.9. The van der Waals surface area contributed by atoms with E-state index in [2.05, 4.69) is 20.4 Å². The van der Waals surface area contributed by atoms with Gasteiger partial charge in [0.05, 0.1) is 26.5 Å². The maximum atomic E-state index is 12.4. The van der Waals surface area contributed by atoms with Crippen molar-refractivity contribution in [3.05, 3.63) is 40.4 Å². The number of rotatable bonds is 5. The van der Waals surface area contributed by atoms with Gasteiger partial charge in [-0.15, -0.1) is 0 Å². The molecule has 0 bridgehead atoms. The van der Waals surface area contributed by atoms with Crippen LogP contribution in [0.1, 0.15) is 16.1 Å². The average molecular weight is 390 g/mol. The van der Waals surface area contributed by atoms with Gasteiger partial charge in [0, 0.05) is 24.4 Å². The van der Waals surface area contributed by atoms with Crippen LogP contribution in [-0.4, -0.2) is 49.3 Å². The second-order valence-electron chi connectivity index (χ2n) is 6.01. The molecule has 0 radical (unpaired) electrons. The zero-order valence-corrected chi connectivity index (χ0v) is 16.1. The summed E-state index contributed by atoms with van der Waals surface area (Å²) in [6.07, 6.45) is 0.873. The van der Waals surface area contributed by atoms with Gasteiger partial charge in [0.15, 0.2) is 5.13 Å². The molecule has 0 fully saturated rings. The molecule has 1 aliphatic heterocycles. The van der Waals surface area contributed by atoms with Crippen LogP contribution in [-0.2, 0) is 24.1 Å².